The van der Waals surface area contributed by atoms with Crippen LogP contribution >= 0.6 is 0 Å². The van der Waals surface area contributed by atoms with Gasteiger partial charge in [0.2, 0.25) is 6.79 Å². The molecule has 1 aliphatic heterocycles. The van der Waals surface area contributed by atoms with Gasteiger partial charge in [-0.15, -0.1) is 0 Å². The summed E-state index contributed by atoms with van der Waals surface area (Å²) in [6.45, 7) is 1.01. The van der Waals surface area contributed by atoms with Gasteiger partial charge in [0.1, 0.15) is 5.82 Å². The van der Waals surface area contributed by atoms with Crippen molar-refractivity contribution in [3.05, 3.63) is 58.9 Å². The van der Waals surface area contributed by atoms with Gasteiger partial charge in [0.15, 0.2) is 11.5 Å². The quantitative estimate of drug-likeness (QED) is 0.938. The van der Waals surface area contributed by atoms with Gasteiger partial charge in [0.05, 0.1) is 0 Å². The lowest BCUT2D eigenvalue weighted by molar-refractivity contribution is 0.173. The summed E-state index contributed by atoms with van der Waals surface area (Å²) in [6, 6.07) is 11.3. The van der Waals surface area contributed by atoms with Crippen molar-refractivity contribution in [1.29, 1.82) is 0 Å². The van der Waals surface area contributed by atoms with Crippen molar-refractivity contribution in [1.82, 2.24) is 5.32 Å². The van der Waals surface area contributed by atoms with E-state index in [-0.39, 0.29) is 18.7 Å². The van der Waals surface area contributed by atoms with Gasteiger partial charge < -0.3 is 14.8 Å². The summed E-state index contributed by atoms with van der Waals surface area (Å²) in [5, 5.41) is 3.55. The van der Waals surface area contributed by atoms with Crippen molar-refractivity contribution in [2.45, 2.75) is 25.4 Å². The number of halogens is 1. The highest BCUT2D eigenvalue weighted by Crippen LogP contribution is 2.36. The van der Waals surface area contributed by atoms with Gasteiger partial charge in [-0.25, -0.2) is 4.39 Å². The van der Waals surface area contributed by atoms with E-state index in [2.05, 4.69) is 5.32 Å². The summed E-state index contributed by atoms with van der Waals surface area (Å²) in [4.78, 5) is 0. The molecule has 1 N–H and O–H groups in total. The average Bonchev–Trinajstić information content (AvgIpc) is 3.11. The minimum Gasteiger partial charge on any atom is -0.454 e. The van der Waals surface area contributed by atoms with Crippen molar-refractivity contribution in [2.75, 3.05) is 6.79 Å². The molecule has 0 amide bonds. The third kappa shape index (κ3) is 2.25. The number of ether oxygens (including phenoxy) is 2. The van der Waals surface area contributed by atoms with Crippen LogP contribution in [0.4, 0.5) is 4.39 Å². The molecule has 1 aliphatic carbocycles. The topological polar surface area (TPSA) is 30.5 Å². The highest BCUT2D eigenvalue weighted by Gasteiger charge is 2.23. The molecule has 108 valence electrons. The van der Waals surface area contributed by atoms with Crippen LogP contribution in [-0.4, -0.2) is 6.79 Å². The maximum Gasteiger partial charge on any atom is 0.231 e. The molecule has 3 nitrogen and oxygen atoms in total. The Morgan fingerprint density at radius 3 is 3.10 bits per heavy atom. The maximum atomic E-state index is 13.2. The second kappa shape index (κ2) is 5.04. The van der Waals surface area contributed by atoms with E-state index < -0.39 is 0 Å². The molecule has 4 rings (SSSR count). The second-order valence-electron chi connectivity index (χ2n) is 5.47. The van der Waals surface area contributed by atoms with Crippen LogP contribution in [0.25, 0.3) is 0 Å². The molecule has 2 aromatic rings. The number of aryl methyl sites for hydroxylation is 1. The first-order valence-corrected chi connectivity index (χ1v) is 7.20. The van der Waals surface area contributed by atoms with E-state index in [0.29, 0.717) is 6.54 Å². The molecule has 2 aliphatic rings. The Balaban J connectivity index is 1.51. The number of para-hydroxylation sites is 1. The summed E-state index contributed by atoms with van der Waals surface area (Å²) in [6.07, 6.45) is 1.93. The Morgan fingerprint density at radius 2 is 2.14 bits per heavy atom. The molecule has 0 saturated carbocycles. The predicted octanol–water partition coefficient (Wildman–Crippen LogP) is 3.33. The van der Waals surface area contributed by atoms with E-state index in [4.69, 9.17) is 9.47 Å². The molecule has 0 saturated heterocycles. The fourth-order valence-corrected chi connectivity index (χ4v) is 3.16. The highest BCUT2D eigenvalue weighted by molar-refractivity contribution is 5.48. The van der Waals surface area contributed by atoms with Crippen molar-refractivity contribution in [3.8, 4) is 11.5 Å². The Morgan fingerprint density at radius 1 is 1.19 bits per heavy atom. The number of hydrogen-bond acceptors (Lipinski definition) is 3. The summed E-state index contributed by atoms with van der Waals surface area (Å²) >= 11 is 0. The molecule has 0 aromatic heterocycles. The first-order valence-electron chi connectivity index (χ1n) is 7.20. The van der Waals surface area contributed by atoms with Crippen molar-refractivity contribution < 1.29 is 13.9 Å². The third-order valence-corrected chi connectivity index (χ3v) is 4.20. The zero-order chi connectivity index (χ0) is 14.2. The molecule has 0 spiro atoms. The van der Waals surface area contributed by atoms with Gasteiger partial charge in [-0.1, -0.05) is 18.2 Å². The molecule has 1 heterocycles. The van der Waals surface area contributed by atoms with Crippen LogP contribution in [0.15, 0.2) is 36.4 Å². The largest absolute Gasteiger partial charge is 0.454 e. The number of nitrogens with one attached hydrogen (secondary N) is 1. The minimum atomic E-state index is -0.152. The van der Waals surface area contributed by atoms with Crippen molar-refractivity contribution in [3.63, 3.8) is 0 Å². The highest BCUT2D eigenvalue weighted by atomic mass is 19.1. The van der Waals surface area contributed by atoms with E-state index in [9.17, 15) is 4.39 Å². The number of fused-ring (bicyclic) bond motifs is 2. The van der Waals surface area contributed by atoms with E-state index in [1.54, 1.807) is 6.07 Å². The van der Waals surface area contributed by atoms with Gasteiger partial charge in [-0.3, -0.25) is 0 Å². The van der Waals surface area contributed by atoms with Crippen LogP contribution in [0.2, 0.25) is 0 Å². The normalized spacial score (nSPS) is 18.8. The molecule has 21 heavy (non-hydrogen) atoms. The van der Waals surface area contributed by atoms with Crippen LogP contribution < -0.4 is 14.8 Å². The first kappa shape index (κ1) is 12.7. The zero-order valence-electron chi connectivity index (χ0n) is 11.6. The summed E-state index contributed by atoms with van der Waals surface area (Å²) in [5.74, 6) is 1.49. The second-order valence-corrected chi connectivity index (χ2v) is 5.47. The SMILES string of the molecule is Fc1ccc2c(c1)CCC2NCc1cccc2c1OCO2. The first-order chi connectivity index (χ1) is 10.3. The minimum absolute atomic E-state index is 0.152. The summed E-state index contributed by atoms with van der Waals surface area (Å²) in [5.41, 5.74) is 3.42. The van der Waals surface area contributed by atoms with E-state index in [1.807, 2.05) is 24.3 Å². The van der Waals surface area contributed by atoms with Crippen LogP contribution in [0, 0.1) is 5.82 Å². The molecular formula is C17H16FNO2. The van der Waals surface area contributed by atoms with Crippen LogP contribution in [-0.2, 0) is 13.0 Å². The molecular weight excluding hydrogens is 269 g/mol. The molecule has 0 bridgehead atoms. The van der Waals surface area contributed by atoms with Gasteiger partial charge in [-0.05, 0) is 42.2 Å². The monoisotopic (exact) mass is 285 g/mol. The molecule has 0 fully saturated rings. The van der Waals surface area contributed by atoms with Gasteiger partial charge in [-0.2, -0.15) is 0 Å². The summed E-state index contributed by atoms with van der Waals surface area (Å²) in [7, 11) is 0. The lowest BCUT2D eigenvalue weighted by atomic mass is 10.1. The third-order valence-electron chi connectivity index (χ3n) is 4.20. The molecule has 2 aromatic carbocycles. The van der Waals surface area contributed by atoms with E-state index >= 15 is 0 Å². The predicted molar refractivity (Wildman–Crippen MR) is 76.9 cm³/mol. The fourth-order valence-electron chi connectivity index (χ4n) is 3.16. The van der Waals surface area contributed by atoms with Crippen molar-refractivity contribution >= 4 is 0 Å². The standard InChI is InChI=1S/C17H16FNO2/c18-13-5-6-14-11(8-13)4-7-15(14)19-9-12-2-1-3-16-17(12)21-10-20-16/h1-3,5-6,8,15,19H,4,7,9-10H2. The van der Waals surface area contributed by atoms with Gasteiger partial charge in [0.25, 0.3) is 0 Å². The van der Waals surface area contributed by atoms with Crippen LogP contribution in [0.1, 0.15) is 29.2 Å². The van der Waals surface area contributed by atoms with E-state index in [0.717, 1.165) is 35.5 Å². The Hall–Kier alpha value is -2.07. The molecule has 1 atom stereocenters. The lowest BCUT2D eigenvalue weighted by Crippen LogP contribution is -2.18. The number of rotatable bonds is 3. The molecule has 0 radical (unpaired) electrons. The number of benzene rings is 2. The van der Waals surface area contributed by atoms with Gasteiger partial charge in [0, 0.05) is 18.2 Å². The zero-order valence-corrected chi connectivity index (χ0v) is 11.6. The fraction of sp³-hybridized carbons (Fsp3) is 0.294. The maximum absolute atomic E-state index is 13.2. The molecule has 4 heteroatoms. The average molecular weight is 285 g/mol. The Bertz CT molecular complexity index is 686. The number of hydrogen-bond donors (Lipinski definition) is 1. The Kier molecular flexibility index (Phi) is 3.04. The lowest BCUT2D eigenvalue weighted by Gasteiger charge is -2.15. The van der Waals surface area contributed by atoms with E-state index in [1.165, 1.54) is 11.6 Å². The van der Waals surface area contributed by atoms with Gasteiger partial charge >= 0.3 is 0 Å². The van der Waals surface area contributed by atoms with Crippen LogP contribution in [0.5, 0.6) is 11.5 Å². The van der Waals surface area contributed by atoms with Crippen molar-refractivity contribution in [2.24, 2.45) is 0 Å². The van der Waals surface area contributed by atoms with Crippen LogP contribution in [0.3, 0.4) is 0 Å². The smallest absolute Gasteiger partial charge is 0.231 e. The summed E-state index contributed by atoms with van der Waals surface area (Å²) < 4.78 is 24.1. The Labute approximate surface area is 122 Å². The molecule has 1 unspecified atom stereocenters.